The Hall–Kier alpha value is -2.55. The third-order valence-electron chi connectivity index (χ3n) is 7.54. The second-order valence-corrected chi connectivity index (χ2v) is 8.83. The molecule has 3 heteroatoms. The molecular formula is C26H29NO2. The van der Waals surface area contributed by atoms with Crippen molar-refractivity contribution >= 4 is 12.0 Å². The van der Waals surface area contributed by atoms with Crippen molar-refractivity contribution in [3.63, 3.8) is 0 Å². The van der Waals surface area contributed by atoms with Crippen LogP contribution in [0.5, 0.6) is 5.75 Å². The number of rotatable bonds is 3. The molecule has 1 amide bonds. The van der Waals surface area contributed by atoms with E-state index < -0.39 is 0 Å². The average Bonchev–Trinajstić information content (AvgIpc) is 2.78. The number of carbonyl (C=O) groups is 1. The summed E-state index contributed by atoms with van der Waals surface area (Å²) in [6, 6.07) is 17.0. The monoisotopic (exact) mass is 387 g/mol. The van der Waals surface area contributed by atoms with Gasteiger partial charge < -0.3 is 9.64 Å². The molecule has 0 spiro atoms. The van der Waals surface area contributed by atoms with E-state index in [1.54, 1.807) is 13.2 Å². The zero-order valence-electron chi connectivity index (χ0n) is 17.1. The largest absolute Gasteiger partial charge is 0.497 e. The van der Waals surface area contributed by atoms with Gasteiger partial charge >= 0.3 is 0 Å². The highest BCUT2D eigenvalue weighted by Gasteiger charge is 2.54. The number of likely N-dealkylation sites (tertiary alicyclic amines) is 1. The van der Waals surface area contributed by atoms with Gasteiger partial charge in [-0.3, -0.25) is 4.79 Å². The number of hydrogen-bond acceptors (Lipinski definition) is 2. The number of fused-ring (bicyclic) bond motifs is 1. The molecule has 3 atom stereocenters. The minimum Gasteiger partial charge on any atom is -0.497 e. The van der Waals surface area contributed by atoms with E-state index in [1.807, 2.05) is 36.4 Å². The first-order valence-corrected chi connectivity index (χ1v) is 10.9. The summed E-state index contributed by atoms with van der Waals surface area (Å²) in [5, 5.41) is 0. The van der Waals surface area contributed by atoms with Crippen molar-refractivity contribution in [3.8, 4) is 5.75 Å². The predicted octanol–water partition coefficient (Wildman–Crippen LogP) is 4.99. The first kappa shape index (κ1) is 18.5. The Bertz CT molecular complexity index is 935. The third-order valence-corrected chi connectivity index (χ3v) is 7.54. The highest BCUT2D eigenvalue weighted by Crippen LogP contribution is 2.56. The van der Waals surface area contributed by atoms with Gasteiger partial charge in [0, 0.05) is 24.1 Å². The summed E-state index contributed by atoms with van der Waals surface area (Å²) in [5.41, 5.74) is 4.22. The van der Waals surface area contributed by atoms with E-state index in [0.717, 1.165) is 30.7 Å². The molecule has 1 aliphatic heterocycles. The van der Waals surface area contributed by atoms with Gasteiger partial charge in [0.05, 0.1) is 7.11 Å². The number of methoxy groups -OCH3 is 1. The zero-order valence-corrected chi connectivity index (χ0v) is 17.1. The zero-order chi connectivity index (χ0) is 19.8. The summed E-state index contributed by atoms with van der Waals surface area (Å²) in [5.74, 6) is 1.69. The maximum absolute atomic E-state index is 13.2. The van der Waals surface area contributed by atoms with Crippen LogP contribution in [0.15, 0.2) is 54.6 Å². The van der Waals surface area contributed by atoms with Crippen molar-refractivity contribution < 1.29 is 9.53 Å². The van der Waals surface area contributed by atoms with E-state index in [-0.39, 0.29) is 11.3 Å². The molecule has 1 saturated heterocycles. The lowest BCUT2D eigenvalue weighted by Crippen LogP contribution is -2.61. The molecule has 0 radical (unpaired) electrons. The maximum Gasteiger partial charge on any atom is 0.246 e. The van der Waals surface area contributed by atoms with Gasteiger partial charge in [-0.25, -0.2) is 0 Å². The van der Waals surface area contributed by atoms with Gasteiger partial charge in [-0.15, -0.1) is 0 Å². The van der Waals surface area contributed by atoms with Crippen molar-refractivity contribution in [2.24, 2.45) is 5.92 Å². The van der Waals surface area contributed by atoms with Gasteiger partial charge in [-0.05, 0) is 66.5 Å². The van der Waals surface area contributed by atoms with Crippen molar-refractivity contribution in [2.75, 3.05) is 13.7 Å². The number of ether oxygens (including phenoxy) is 1. The van der Waals surface area contributed by atoms with E-state index in [4.69, 9.17) is 4.74 Å². The summed E-state index contributed by atoms with van der Waals surface area (Å²) >= 11 is 0. The first-order valence-electron chi connectivity index (χ1n) is 10.9. The Morgan fingerprint density at radius 3 is 2.83 bits per heavy atom. The van der Waals surface area contributed by atoms with Crippen LogP contribution >= 0.6 is 0 Å². The Balaban J connectivity index is 1.47. The molecule has 0 unspecified atom stereocenters. The van der Waals surface area contributed by atoms with Crippen LogP contribution in [-0.4, -0.2) is 30.5 Å². The highest BCUT2D eigenvalue weighted by molar-refractivity contribution is 5.92. The number of benzene rings is 2. The lowest BCUT2D eigenvalue weighted by molar-refractivity contribution is -0.135. The lowest BCUT2D eigenvalue weighted by Gasteiger charge is -2.59. The molecule has 2 bridgehead atoms. The minimum atomic E-state index is 0.162. The average molecular weight is 388 g/mol. The van der Waals surface area contributed by atoms with E-state index in [1.165, 1.54) is 36.8 Å². The predicted molar refractivity (Wildman–Crippen MR) is 116 cm³/mol. The second kappa shape index (κ2) is 7.37. The van der Waals surface area contributed by atoms with Crippen LogP contribution in [0.2, 0.25) is 0 Å². The van der Waals surface area contributed by atoms with Gasteiger partial charge in [0.1, 0.15) is 5.75 Å². The summed E-state index contributed by atoms with van der Waals surface area (Å²) in [6.07, 6.45) is 10.8. The molecule has 0 aromatic heterocycles. The molecule has 3 aliphatic rings. The molecular weight excluding hydrogens is 358 g/mol. The summed E-state index contributed by atoms with van der Waals surface area (Å²) in [6.45, 7) is 0.857. The lowest BCUT2D eigenvalue weighted by atomic mass is 9.52. The topological polar surface area (TPSA) is 29.5 Å². The number of carbonyl (C=O) groups excluding carboxylic acids is 1. The molecule has 2 aliphatic carbocycles. The molecule has 150 valence electrons. The molecule has 3 nitrogen and oxygen atoms in total. The fraction of sp³-hybridized carbons (Fsp3) is 0.423. The SMILES string of the molecule is COc1ccc2c(c1)[C@@]13CCCC[C@H]1[C@@H](C2)N(C(=O)/C=C/c1ccccc1)CC3. The Labute approximate surface area is 173 Å². The van der Waals surface area contributed by atoms with Crippen molar-refractivity contribution in [1.29, 1.82) is 0 Å². The number of nitrogens with zero attached hydrogens (tertiary/aromatic N) is 1. The maximum atomic E-state index is 13.2. The number of amides is 1. The normalized spacial score (nSPS) is 28.0. The highest BCUT2D eigenvalue weighted by atomic mass is 16.5. The summed E-state index contributed by atoms with van der Waals surface area (Å²) in [7, 11) is 1.75. The Kier molecular flexibility index (Phi) is 4.69. The van der Waals surface area contributed by atoms with Crippen LogP contribution < -0.4 is 4.74 Å². The fourth-order valence-electron chi connectivity index (χ4n) is 6.21. The smallest absolute Gasteiger partial charge is 0.246 e. The summed E-state index contributed by atoms with van der Waals surface area (Å²) in [4.78, 5) is 15.3. The van der Waals surface area contributed by atoms with Gasteiger partial charge in [-0.1, -0.05) is 49.2 Å². The van der Waals surface area contributed by atoms with Crippen molar-refractivity contribution in [3.05, 3.63) is 71.3 Å². The molecule has 29 heavy (non-hydrogen) atoms. The Morgan fingerprint density at radius 1 is 1.14 bits per heavy atom. The molecule has 5 rings (SSSR count). The first-order chi connectivity index (χ1) is 14.2. The van der Waals surface area contributed by atoms with Gasteiger partial charge in [0.25, 0.3) is 0 Å². The molecule has 2 fully saturated rings. The van der Waals surface area contributed by atoms with Gasteiger partial charge in [-0.2, -0.15) is 0 Å². The minimum absolute atomic E-state index is 0.162. The van der Waals surface area contributed by atoms with Gasteiger partial charge in [0.2, 0.25) is 5.91 Å². The van der Waals surface area contributed by atoms with E-state index in [0.29, 0.717) is 12.0 Å². The quantitative estimate of drug-likeness (QED) is 0.694. The molecule has 1 heterocycles. The summed E-state index contributed by atoms with van der Waals surface area (Å²) < 4.78 is 5.55. The van der Waals surface area contributed by atoms with Gasteiger partial charge in [0.15, 0.2) is 0 Å². The van der Waals surface area contributed by atoms with E-state index in [9.17, 15) is 4.79 Å². The fourth-order valence-corrected chi connectivity index (χ4v) is 6.21. The van der Waals surface area contributed by atoms with E-state index >= 15 is 0 Å². The van der Waals surface area contributed by atoms with Crippen LogP contribution in [0.4, 0.5) is 0 Å². The van der Waals surface area contributed by atoms with E-state index in [2.05, 4.69) is 23.1 Å². The van der Waals surface area contributed by atoms with Crippen LogP contribution in [0.3, 0.4) is 0 Å². The number of piperidine rings is 1. The second-order valence-electron chi connectivity index (χ2n) is 8.83. The van der Waals surface area contributed by atoms with Crippen LogP contribution in [-0.2, 0) is 16.6 Å². The van der Waals surface area contributed by atoms with Crippen molar-refractivity contribution in [2.45, 2.75) is 50.0 Å². The molecule has 0 N–H and O–H groups in total. The standard InChI is InChI=1S/C26H29NO2/c1-29-21-12-11-20-17-24-22-9-5-6-14-26(22,23(20)18-21)15-16-27(24)25(28)13-10-19-7-3-2-4-8-19/h2-4,7-8,10-13,18,22,24H,5-6,9,14-17H2,1H3/b13-10+/t22-,24+,26+/m0/s1. The third kappa shape index (κ3) is 3.08. The van der Waals surface area contributed by atoms with Crippen molar-refractivity contribution in [1.82, 2.24) is 4.90 Å². The Morgan fingerprint density at radius 2 is 2.00 bits per heavy atom. The molecule has 2 aromatic rings. The molecule has 1 saturated carbocycles. The van der Waals surface area contributed by atoms with Crippen LogP contribution in [0.1, 0.15) is 48.8 Å². The molecule has 2 aromatic carbocycles. The van der Waals surface area contributed by atoms with Crippen LogP contribution in [0.25, 0.3) is 6.08 Å². The van der Waals surface area contributed by atoms with Crippen LogP contribution in [0, 0.1) is 5.92 Å². The number of hydrogen-bond donors (Lipinski definition) is 0.